The van der Waals surface area contributed by atoms with Gasteiger partial charge in [0.25, 0.3) is 0 Å². The highest BCUT2D eigenvalue weighted by Crippen LogP contribution is 2.24. The number of aliphatic imine (C=N–C) groups is 1. The molecule has 0 saturated carbocycles. The normalized spacial score (nSPS) is 19.6. The van der Waals surface area contributed by atoms with E-state index in [1.807, 2.05) is 6.07 Å². The maximum Gasteiger partial charge on any atom is 0.194 e. The van der Waals surface area contributed by atoms with E-state index in [2.05, 4.69) is 75.5 Å². The summed E-state index contributed by atoms with van der Waals surface area (Å²) in [6.45, 7) is 10.1. The highest BCUT2D eigenvalue weighted by molar-refractivity contribution is 5.80. The van der Waals surface area contributed by atoms with Gasteiger partial charge < -0.3 is 24.8 Å². The first-order chi connectivity index (χ1) is 15.3. The van der Waals surface area contributed by atoms with Gasteiger partial charge in [0.2, 0.25) is 0 Å². The average molecular weight is 422 g/mol. The summed E-state index contributed by atoms with van der Waals surface area (Å²) in [5.74, 6) is 2.59. The van der Waals surface area contributed by atoms with Gasteiger partial charge in [-0.1, -0.05) is 24.3 Å². The summed E-state index contributed by atoms with van der Waals surface area (Å²) in [6, 6.07) is 19.1. The first-order valence-corrected chi connectivity index (χ1v) is 11.5. The lowest BCUT2D eigenvalue weighted by Gasteiger charge is -2.38. The molecule has 0 spiro atoms. The van der Waals surface area contributed by atoms with Gasteiger partial charge in [-0.25, -0.2) is 0 Å². The van der Waals surface area contributed by atoms with Gasteiger partial charge in [0.15, 0.2) is 5.96 Å². The van der Waals surface area contributed by atoms with Crippen molar-refractivity contribution < 1.29 is 4.74 Å². The Bertz CT molecular complexity index is 848. The van der Waals surface area contributed by atoms with Crippen molar-refractivity contribution in [2.75, 3.05) is 69.3 Å². The summed E-state index contributed by atoms with van der Waals surface area (Å²) in [5, 5.41) is 3.52. The minimum absolute atomic E-state index is 0.618. The fraction of sp³-hybridized carbons (Fsp3) is 0.480. The van der Waals surface area contributed by atoms with Crippen LogP contribution in [-0.4, -0.2) is 70.3 Å². The highest BCUT2D eigenvalue weighted by Gasteiger charge is 2.24. The zero-order valence-electron chi connectivity index (χ0n) is 18.8. The lowest BCUT2D eigenvalue weighted by Crippen LogP contribution is -2.52. The van der Waals surface area contributed by atoms with Gasteiger partial charge in [-0.15, -0.1) is 0 Å². The van der Waals surface area contributed by atoms with Crippen LogP contribution in [0.4, 0.5) is 11.4 Å². The number of methoxy groups -OCH3 is 1. The Labute approximate surface area is 186 Å². The molecule has 2 aromatic rings. The van der Waals surface area contributed by atoms with Crippen molar-refractivity contribution in [2.45, 2.75) is 13.3 Å². The van der Waals surface area contributed by atoms with Crippen molar-refractivity contribution in [2.24, 2.45) is 10.9 Å². The van der Waals surface area contributed by atoms with Gasteiger partial charge in [0.1, 0.15) is 5.75 Å². The smallest absolute Gasteiger partial charge is 0.194 e. The molecule has 166 valence electrons. The molecule has 0 bridgehead atoms. The number of para-hydroxylation sites is 1. The van der Waals surface area contributed by atoms with Gasteiger partial charge in [0.05, 0.1) is 7.11 Å². The molecule has 4 rings (SSSR count). The van der Waals surface area contributed by atoms with E-state index in [0.29, 0.717) is 5.92 Å². The standard InChI is InChI=1S/C25H35N5O/c1-3-26-25(27-19-21-12-13-30(20-21)22-8-5-4-6-9-22)29-16-14-28(15-17-29)23-10-7-11-24(18-23)31-2/h4-11,18,21H,3,12-17,19-20H2,1-2H3,(H,26,27). The Morgan fingerprint density at radius 3 is 2.48 bits per heavy atom. The number of ether oxygens (including phenoxy) is 1. The molecule has 2 fully saturated rings. The van der Waals surface area contributed by atoms with Crippen molar-refractivity contribution in [1.82, 2.24) is 10.2 Å². The Morgan fingerprint density at radius 2 is 1.74 bits per heavy atom. The highest BCUT2D eigenvalue weighted by atomic mass is 16.5. The van der Waals surface area contributed by atoms with Crippen LogP contribution in [0.1, 0.15) is 13.3 Å². The van der Waals surface area contributed by atoms with E-state index in [-0.39, 0.29) is 0 Å². The molecule has 0 aliphatic carbocycles. The van der Waals surface area contributed by atoms with Crippen LogP contribution < -0.4 is 19.9 Å². The molecule has 6 heteroatoms. The second-order valence-electron chi connectivity index (χ2n) is 8.31. The number of nitrogens with zero attached hydrogens (tertiary/aromatic N) is 4. The first kappa shape index (κ1) is 21.3. The molecule has 2 heterocycles. The quantitative estimate of drug-likeness (QED) is 0.573. The van der Waals surface area contributed by atoms with E-state index in [9.17, 15) is 0 Å². The lowest BCUT2D eigenvalue weighted by molar-refractivity contribution is 0.371. The maximum absolute atomic E-state index is 5.38. The second-order valence-corrected chi connectivity index (χ2v) is 8.31. The molecule has 2 aromatic carbocycles. The fourth-order valence-electron chi connectivity index (χ4n) is 4.48. The van der Waals surface area contributed by atoms with Crippen molar-refractivity contribution in [3.05, 3.63) is 54.6 Å². The number of benzene rings is 2. The zero-order valence-corrected chi connectivity index (χ0v) is 18.8. The third-order valence-electron chi connectivity index (χ3n) is 6.24. The number of nitrogens with one attached hydrogen (secondary N) is 1. The van der Waals surface area contributed by atoms with E-state index in [1.165, 1.54) is 17.8 Å². The van der Waals surface area contributed by atoms with Crippen molar-refractivity contribution in [1.29, 1.82) is 0 Å². The monoisotopic (exact) mass is 421 g/mol. The Balaban J connectivity index is 1.32. The van der Waals surface area contributed by atoms with E-state index in [1.54, 1.807) is 7.11 Å². The number of hydrogen-bond donors (Lipinski definition) is 1. The maximum atomic E-state index is 5.38. The summed E-state index contributed by atoms with van der Waals surface area (Å²) >= 11 is 0. The molecule has 2 aliphatic rings. The number of anilines is 2. The Morgan fingerprint density at radius 1 is 0.968 bits per heavy atom. The minimum Gasteiger partial charge on any atom is -0.497 e. The number of hydrogen-bond acceptors (Lipinski definition) is 4. The molecule has 31 heavy (non-hydrogen) atoms. The van der Waals surface area contributed by atoms with E-state index in [4.69, 9.17) is 9.73 Å². The molecule has 0 amide bonds. The van der Waals surface area contributed by atoms with Crippen LogP contribution in [0.3, 0.4) is 0 Å². The predicted octanol–water partition coefficient (Wildman–Crippen LogP) is 3.31. The Kier molecular flexibility index (Phi) is 7.18. The summed E-state index contributed by atoms with van der Waals surface area (Å²) in [7, 11) is 1.72. The van der Waals surface area contributed by atoms with Crippen molar-refractivity contribution in [3.63, 3.8) is 0 Å². The van der Waals surface area contributed by atoms with Crippen molar-refractivity contribution >= 4 is 17.3 Å². The molecule has 0 aromatic heterocycles. The summed E-state index contributed by atoms with van der Waals surface area (Å²) in [5.41, 5.74) is 2.56. The molecular weight excluding hydrogens is 386 g/mol. The second kappa shape index (κ2) is 10.4. The van der Waals surface area contributed by atoms with E-state index < -0.39 is 0 Å². The third-order valence-corrected chi connectivity index (χ3v) is 6.24. The van der Waals surface area contributed by atoms with Crippen LogP contribution in [0.15, 0.2) is 59.6 Å². The molecule has 2 saturated heterocycles. The summed E-state index contributed by atoms with van der Waals surface area (Å²) in [4.78, 5) is 12.4. The van der Waals surface area contributed by atoms with Crippen LogP contribution in [-0.2, 0) is 0 Å². The first-order valence-electron chi connectivity index (χ1n) is 11.5. The zero-order chi connectivity index (χ0) is 21.5. The molecule has 1 unspecified atom stereocenters. The molecular formula is C25H35N5O. The van der Waals surface area contributed by atoms with Gasteiger partial charge in [-0.05, 0) is 43.5 Å². The topological polar surface area (TPSA) is 43.3 Å². The van der Waals surface area contributed by atoms with E-state index >= 15 is 0 Å². The van der Waals surface area contributed by atoms with E-state index in [0.717, 1.165) is 64.1 Å². The van der Waals surface area contributed by atoms with Gasteiger partial charge in [-0.3, -0.25) is 4.99 Å². The van der Waals surface area contributed by atoms with Gasteiger partial charge >= 0.3 is 0 Å². The minimum atomic E-state index is 0.618. The lowest BCUT2D eigenvalue weighted by atomic mass is 10.1. The van der Waals surface area contributed by atoms with Gasteiger partial charge in [0, 0.05) is 69.8 Å². The van der Waals surface area contributed by atoms with Crippen LogP contribution in [0.5, 0.6) is 5.75 Å². The molecule has 0 radical (unpaired) electrons. The molecule has 1 N–H and O–H groups in total. The SMILES string of the molecule is CCNC(=NCC1CCN(c2ccccc2)C1)N1CCN(c2cccc(OC)c2)CC1. The van der Waals surface area contributed by atoms with Crippen LogP contribution in [0, 0.1) is 5.92 Å². The summed E-state index contributed by atoms with van der Waals surface area (Å²) < 4.78 is 5.38. The fourth-order valence-corrected chi connectivity index (χ4v) is 4.48. The van der Waals surface area contributed by atoms with Crippen LogP contribution >= 0.6 is 0 Å². The molecule has 2 aliphatic heterocycles. The number of rotatable bonds is 6. The van der Waals surface area contributed by atoms with Crippen LogP contribution in [0.25, 0.3) is 0 Å². The number of guanidine groups is 1. The van der Waals surface area contributed by atoms with Crippen LogP contribution in [0.2, 0.25) is 0 Å². The molecule has 1 atom stereocenters. The summed E-state index contributed by atoms with van der Waals surface area (Å²) in [6.07, 6.45) is 1.21. The van der Waals surface area contributed by atoms with Crippen molar-refractivity contribution in [3.8, 4) is 5.75 Å². The predicted molar refractivity (Wildman–Crippen MR) is 130 cm³/mol. The number of piperazine rings is 1. The average Bonchev–Trinajstić information content (AvgIpc) is 3.32. The Hall–Kier alpha value is -2.89. The van der Waals surface area contributed by atoms with Gasteiger partial charge in [-0.2, -0.15) is 0 Å². The third kappa shape index (κ3) is 5.43. The largest absolute Gasteiger partial charge is 0.497 e. The molecule has 6 nitrogen and oxygen atoms in total.